The average Bonchev–Trinajstić information content (AvgIpc) is 3.19. The molecule has 122 valence electrons. The smallest absolute Gasteiger partial charge is 0.306 e. The van der Waals surface area contributed by atoms with E-state index in [0.717, 1.165) is 17.2 Å². The molecule has 2 heterocycles. The largest absolute Gasteiger partial charge is 0.481 e. The molecule has 2 atom stereocenters. The van der Waals surface area contributed by atoms with Crippen LogP contribution in [0.3, 0.4) is 0 Å². The Kier molecular flexibility index (Phi) is 4.47. The molecule has 6 nitrogen and oxygen atoms in total. The molecule has 3 rings (SSSR count). The number of hydrogen-bond acceptors (Lipinski definition) is 5. The van der Waals surface area contributed by atoms with Crippen molar-refractivity contribution in [2.45, 2.75) is 38.6 Å². The van der Waals surface area contributed by atoms with Crippen molar-refractivity contribution >= 4 is 23.2 Å². The molecule has 0 bridgehead atoms. The third kappa shape index (κ3) is 3.79. The zero-order valence-corrected chi connectivity index (χ0v) is 13.6. The molecule has 0 saturated heterocycles. The molecule has 0 unspecified atom stereocenters. The maximum atomic E-state index is 12.1. The second-order valence-corrected chi connectivity index (χ2v) is 6.70. The number of aliphatic carboxylic acids is 1. The summed E-state index contributed by atoms with van der Waals surface area (Å²) in [5.74, 6) is 0.296. The number of carbonyl (C=O) groups is 2. The second kappa shape index (κ2) is 6.54. The maximum absolute atomic E-state index is 12.1. The Hall–Kier alpha value is -2.15. The lowest BCUT2D eigenvalue weighted by molar-refractivity contribution is -0.141. The van der Waals surface area contributed by atoms with Crippen LogP contribution in [0.15, 0.2) is 21.9 Å². The maximum Gasteiger partial charge on any atom is 0.306 e. The van der Waals surface area contributed by atoms with Crippen LogP contribution in [0.1, 0.15) is 30.7 Å². The topological polar surface area (TPSA) is 92.4 Å². The van der Waals surface area contributed by atoms with Crippen molar-refractivity contribution in [2.24, 2.45) is 5.92 Å². The van der Waals surface area contributed by atoms with Gasteiger partial charge in [0, 0.05) is 11.4 Å². The number of thiazole rings is 1. The van der Waals surface area contributed by atoms with Gasteiger partial charge in [-0.3, -0.25) is 9.59 Å². The van der Waals surface area contributed by atoms with Crippen LogP contribution in [0.25, 0.3) is 10.8 Å². The highest BCUT2D eigenvalue weighted by molar-refractivity contribution is 7.13. The number of amides is 1. The molecular formula is C16H18N2O4S. The van der Waals surface area contributed by atoms with E-state index in [-0.39, 0.29) is 24.3 Å². The zero-order valence-electron chi connectivity index (χ0n) is 12.7. The molecule has 1 saturated carbocycles. The average molecular weight is 334 g/mol. The van der Waals surface area contributed by atoms with Crippen molar-refractivity contribution in [1.29, 1.82) is 0 Å². The van der Waals surface area contributed by atoms with Crippen LogP contribution in [0.2, 0.25) is 0 Å². The van der Waals surface area contributed by atoms with Gasteiger partial charge in [0.2, 0.25) is 5.91 Å². The lowest BCUT2D eigenvalue weighted by Gasteiger charge is -2.11. The highest BCUT2D eigenvalue weighted by Gasteiger charge is 2.30. The molecule has 2 aromatic heterocycles. The summed E-state index contributed by atoms with van der Waals surface area (Å²) in [5, 5.41) is 14.5. The Balaban J connectivity index is 1.54. The van der Waals surface area contributed by atoms with Crippen molar-refractivity contribution in [3.8, 4) is 10.8 Å². The fraction of sp³-hybridized carbons (Fsp3) is 0.438. The van der Waals surface area contributed by atoms with E-state index in [1.54, 1.807) is 0 Å². The first kappa shape index (κ1) is 15.7. The number of furan rings is 1. The molecule has 1 amide bonds. The fourth-order valence-corrected chi connectivity index (χ4v) is 3.61. The molecule has 0 aromatic carbocycles. The highest BCUT2D eigenvalue weighted by atomic mass is 32.1. The fourth-order valence-electron chi connectivity index (χ4n) is 2.83. The van der Waals surface area contributed by atoms with E-state index in [2.05, 4.69) is 10.3 Å². The summed E-state index contributed by atoms with van der Waals surface area (Å²) in [7, 11) is 0. The van der Waals surface area contributed by atoms with Gasteiger partial charge < -0.3 is 14.8 Å². The van der Waals surface area contributed by atoms with E-state index in [9.17, 15) is 9.59 Å². The third-order valence-corrected chi connectivity index (χ3v) is 4.90. The van der Waals surface area contributed by atoms with Gasteiger partial charge >= 0.3 is 5.97 Å². The number of carboxylic acid groups (broad SMARTS) is 1. The van der Waals surface area contributed by atoms with E-state index < -0.39 is 5.97 Å². The summed E-state index contributed by atoms with van der Waals surface area (Å²) in [5.41, 5.74) is 0.698. The van der Waals surface area contributed by atoms with Crippen LogP contribution >= 0.6 is 11.3 Å². The normalized spacial score (nSPS) is 20.6. The van der Waals surface area contributed by atoms with Gasteiger partial charge in [-0.25, -0.2) is 4.98 Å². The van der Waals surface area contributed by atoms with E-state index in [1.165, 1.54) is 11.3 Å². The zero-order chi connectivity index (χ0) is 16.4. The molecule has 0 spiro atoms. The van der Waals surface area contributed by atoms with Gasteiger partial charge in [0.25, 0.3) is 0 Å². The highest BCUT2D eigenvalue weighted by Crippen LogP contribution is 2.27. The Bertz CT molecular complexity index is 721. The molecule has 1 aliphatic carbocycles. The molecule has 1 aliphatic rings. The number of nitrogens with zero attached hydrogens (tertiary/aromatic N) is 1. The van der Waals surface area contributed by atoms with Gasteiger partial charge in [-0.2, -0.15) is 0 Å². The van der Waals surface area contributed by atoms with Gasteiger partial charge in [0.1, 0.15) is 5.76 Å². The molecule has 2 N–H and O–H groups in total. The van der Waals surface area contributed by atoms with E-state index in [0.29, 0.717) is 24.3 Å². The molecule has 2 aromatic rings. The van der Waals surface area contributed by atoms with Crippen molar-refractivity contribution in [3.63, 3.8) is 0 Å². The molecule has 1 fully saturated rings. The predicted octanol–water partition coefficient (Wildman–Crippen LogP) is 2.62. The number of aryl methyl sites for hydroxylation is 1. The van der Waals surface area contributed by atoms with Crippen LogP contribution in [-0.2, 0) is 16.0 Å². The Labute approximate surface area is 137 Å². The summed E-state index contributed by atoms with van der Waals surface area (Å²) in [6.07, 6.45) is 2.05. The number of nitrogens with one attached hydrogen (secondary N) is 1. The van der Waals surface area contributed by atoms with Gasteiger partial charge in [0.15, 0.2) is 10.8 Å². The molecule has 0 aliphatic heterocycles. The van der Waals surface area contributed by atoms with Crippen molar-refractivity contribution in [1.82, 2.24) is 10.3 Å². The lowest BCUT2D eigenvalue weighted by atomic mass is 10.1. The summed E-state index contributed by atoms with van der Waals surface area (Å²) in [4.78, 5) is 27.4. The van der Waals surface area contributed by atoms with Crippen molar-refractivity contribution in [2.75, 3.05) is 0 Å². The van der Waals surface area contributed by atoms with Crippen molar-refractivity contribution in [3.05, 3.63) is 29.0 Å². The third-order valence-electron chi connectivity index (χ3n) is 3.99. The molecule has 7 heteroatoms. The molecular weight excluding hydrogens is 316 g/mol. The standard InChI is InChI=1S/C16H18N2O4S/c1-9-2-5-13(22-9)15-18-12(8-23-15)7-14(19)17-11-4-3-10(6-11)16(20)21/h2,5,8,10-11H,3-4,6-7H2,1H3,(H,17,19)(H,20,21)/t10-,11+/m1/s1. The van der Waals surface area contributed by atoms with Crippen LogP contribution in [0.4, 0.5) is 0 Å². The SMILES string of the molecule is Cc1ccc(-c2nc(CC(=O)N[C@H]3CC[C@@H](C(=O)O)C3)cs2)o1. The monoisotopic (exact) mass is 334 g/mol. The Morgan fingerprint density at radius 1 is 1.43 bits per heavy atom. The van der Waals surface area contributed by atoms with E-state index in [4.69, 9.17) is 9.52 Å². The summed E-state index contributed by atoms with van der Waals surface area (Å²) < 4.78 is 5.52. The van der Waals surface area contributed by atoms with Crippen molar-refractivity contribution < 1.29 is 19.1 Å². The van der Waals surface area contributed by atoms with Crippen LogP contribution in [-0.4, -0.2) is 28.0 Å². The molecule has 23 heavy (non-hydrogen) atoms. The van der Waals surface area contributed by atoms with Crippen LogP contribution < -0.4 is 5.32 Å². The Morgan fingerprint density at radius 2 is 2.26 bits per heavy atom. The number of carboxylic acids is 1. The first-order valence-electron chi connectivity index (χ1n) is 7.54. The minimum atomic E-state index is -0.778. The number of hydrogen-bond donors (Lipinski definition) is 2. The van der Waals surface area contributed by atoms with Gasteiger partial charge in [-0.1, -0.05) is 0 Å². The summed E-state index contributed by atoms with van der Waals surface area (Å²) in [6, 6.07) is 3.69. The van der Waals surface area contributed by atoms with Gasteiger partial charge in [0.05, 0.1) is 18.0 Å². The van der Waals surface area contributed by atoms with E-state index in [1.807, 2.05) is 24.4 Å². The summed E-state index contributed by atoms with van der Waals surface area (Å²) in [6.45, 7) is 1.87. The lowest BCUT2D eigenvalue weighted by Crippen LogP contribution is -2.34. The first-order valence-corrected chi connectivity index (χ1v) is 8.42. The number of aromatic nitrogens is 1. The number of rotatable bonds is 5. The predicted molar refractivity (Wildman–Crippen MR) is 85.2 cm³/mol. The quantitative estimate of drug-likeness (QED) is 0.877. The minimum absolute atomic E-state index is 0.0468. The Morgan fingerprint density at radius 3 is 2.91 bits per heavy atom. The second-order valence-electron chi connectivity index (χ2n) is 5.84. The number of carbonyl (C=O) groups excluding carboxylic acids is 1. The van der Waals surface area contributed by atoms with E-state index >= 15 is 0 Å². The van der Waals surface area contributed by atoms with Crippen LogP contribution in [0, 0.1) is 12.8 Å². The van der Waals surface area contributed by atoms with Gasteiger partial charge in [-0.15, -0.1) is 11.3 Å². The van der Waals surface area contributed by atoms with Gasteiger partial charge in [-0.05, 0) is 38.3 Å². The first-order chi connectivity index (χ1) is 11.0. The minimum Gasteiger partial charge on any atom is -0.481 e. The summed E-state index contributed by atoms with van der Waals surface area (Å²) >= 11 is 1.44. The molecule has 0 radical (unpaired) electrons. The van der Waals surface area contributed by atoms with Crippen LogP contribution in [0.5, 0.6) is 0 Å².